The van der Waals surface area contributed by atoms with Crippen LogP contribution in [0, 0.1) is 13.8 Å². The maximum Gasteiger partial charge on any atom is 0.314 e. The van der Waals surface area contributed by atoms with E-state index in [9.17, 15) is 30.0 Å². The number of amides is 2. The summed E-state index contributed by atoms with van der Waals surface area (Å²) in [4.78, 5) is 15.9. The number of nitrogens with one attached hydrogen (secondary N) is 4. The fourth-order valence-electron chi connectivity index (χ4n) is 4.91. The van der Waals surface area contributed by atoms with Crippen LogP contribution in [0.4, 0.5) is 10.5 Å². The zero-order chi connectivity index (χ0) is 35.8. The highest BCUT2D eigenvalue weighted by Crippen LogP contribution is 2.40. The average molecular weight is 744 g/mol. The Balaban J connectivity index is 1.54. The minimum absolute atomic E-state index is 0.0111. The minimum atomic E-state index is -4.13. The van der Waals surface area contributed by atoms with Crippen LogP contribution >= 0.6 is 11.6 Å². The largest absolute Gasteiger partial charge is 0.338 e. The van der Waals surface area contributed by atoms with E-state index < -0.39 is 53.1 Å². The van der Waals surface area contributed by atoms with Gasteiger partial charge in [0.05, 0.1) is 22.9 Å². The molecule has 0 spiro atoms. The van der Waals surface area contributed by atoms with Crippen LogP contribution in [-0.2, 0) is 35.6 Å². The number of aryl methyl sites for hydroxylation is 1. The zero-order valence-corrected chi connectivity index (χ0v) is 30.4. The van der Waals surface area contributed by atoms with Gasteiger partial charge < -0.3 is 10.6 Å². The highest BCUT2D eigenvalue weighted by molar-refractivity contribution is 7.92. The summed E-state index contributed by atoms with van der Waals surface area (Å²) in [5.74, 6) is -1.33. The smallest absolute Gasteiger partial charge is 0.314 e. The highest BCUT2D eigenvalue weighted by Gasteiger charge is 2.28. The topological polar surface area (TPSA) is 201 Å². The van der Waals surface area contributed by atoms with Gasteiger partial charge in [0.1, 0.15) is 0 Å². The number of hydrogen-bond acceptors (Lipinski definition) is 8. The molecule has 0 aliphatic heterocycles. The van der Waals surface area contributed by atoms with Crippen molar-refractivity contribution in [2.75, 3.05) is 41.6 Å². The van der Waals surface area contributed by atoms with Crippen molar-refractivity contribution < 1.29 is 34.6 Å². The van der Waals surface area contributed by atoms with E-state index in [2.05, 4.69) is 45.0 Å². The fraction of sp³-hybridized carbons (Fsp3) is 0.419. The highest BCUT2D eigenvalue weighted by atomic mass is 35.5. The Bertz CT molecular complexity index is 1940. The first kappa shape index (κ1) is 39.2. The lowest BCUT2D eigenvalue weighted by atomic mass is 9.76. The molecule has 2 amide bonds. The van der Waals surface area contributed by atoms with Crippen LogP contribution in [0.5, 0.6) is 0 Å². The van der Waals surface area contributed by atoms with Crippen LogP contribution in [0.3, 0.4) is 0 Å². The second kappa shape index (κ2) is 16.4. The van der Waals surface area contributed by atoms with Gasteiger partial charge in [0.15, 0.2) is 0 Å². The van der Waals surface area contributed by atoms with Gasteiger partial charge in [-0.1, -0.05) is 55.8 Å². The lowest BCUT2D eigenvalue weighted by Gasteiger charge is -2.29. The molecular weight excluding hydrogens is 702 g/mol. The molecule has 0 aliphatic carbocycles. The summed E-state index contributed by atoms with van der Waals surface area (Å²) < 4.78 is 85.1. The Kier molecular flexibility index (Phi) is 13.4. The van der Waals surface area contributed by atoms with Crippen LogP contribution in [0.1, 0.15) is 48.9 Å². The van der Waals surface area contributed by atoms with E-state index >= 15 is 0 Å². The van der Waals surface area contributed by atoms with Gasteiger partial charge in [-0.25, -0.2) is 26.4 Å². The molecule has 48 heavy (non-hydrogen) atoms. The molecule has 0 atom stereocenters. The van der Waals surface area contributed by atoms with E-state index in [1.165, 1.54) is 0 Å². The second-order valence-electron chi connectivity index (χ2n) is 11.8. The number of nitrogens with zero attached hydrogens (tertiary/aromatic N) is 1. The summed E-state index contributed by atoms with van der Waals surface area (Å²) in [6.45, 7) is 7.44. The van der Waals surface area contributed by atoms with Crippen molar-refractivity contribution in [3.63, 3.8) is 0 Å². The van der Waals surface area contributed by atoms with Gasteiger partial charge in [0.25, 0.3) is 10.1 Å². The lowest BCUT2D eigenvalue weighted by molar-refractivity contribution is 0.241. The number of carbonyl (C=O) groups excluding carboxylic acids is 1. The van der Waals surface area contributed by atoms with Gasteiger partial charge in [-0.15, -0.1) is 0 Å². The van der Waals surface area contributed by atoms with Crippen LogP contribution in [0.2, 0.25) is 5.02 Å². The minimum Gasteiger partial charge on any atom is -0.338 e. The molecule has 5 N–H and O–H groups in total. The van der Waals surface area contributed by atoms with E-state index in [0.29, 0.717) is 16.3 Å². The zero-order valence-electron chi connectivity index (χ0n) is 27.2. The maximum absolute atomic E-state index is 12.9. The number of pyridine rings is 1. The predicted molar refractivity (Wildman–Crippen MR) is 189 cm³/mol. The second-order valence-corrected chi connectivity index (χ2v) is 17.5. The Morgan fingerprint density at radius 3 is 2.25 bits per heavy atom. The number of hydrogen-bond donors (Lipinski definition) is 5. The standard InChI is InChI=1S/C31H42ClN5O8S3/c1-22-21-33-15-12-26(22)24-8-5-9-25(20-24)31(3,4)27-10-11-28(23(2)29(27)32)37-47(41,42)17-7-14-36-46(39,40)19-16-35-30(38)34-13-6-18-48(43,44)45/h5,8-12,15,20-21,36-37H,6-7,13-14,16-19H2,1-4H3,(H2,34,35,38)(H,43,44,45). The van der Waals surface area contributed by atoms with Crippen LogP contribution in [0.25, 0.3) is 11.1 Å². The molecular formula is C31H42ClN5O8S3. The summed E-state index contributed by atoms with van der Waals surface area (Å²) in [7, 11) is -11.8. The number of carbonyl (C=O) groups is 1. The molecule has 3 aromatic rings. The van der Waals surface area contributed by atoms with E-state index in [0.717, 1.165) is 27.8 Å². The average Bonchev–Trinajstić information content (AvgIpc) is 2.99. The van der Waals surface area contributed by atoms with Gasteiger partial charge >= 0.3 is 6.03 Å². The van der Waals surface area contributed by atoms with Crippen LogP contribution in [0.15, 0.2) is 54.9 Å². The molecule has 0 aliphatic rings. The summed E-state index contributed by atoms with van der Waals surface area (Å²) in [5, 5.41) is 5.09. The normalized spacial score (nSPS) is 12.5. The molecule has 17 heteroatoms. The van der Waals surface area contributed by atoms with Crippen molar-refractivity contribution in [1.82, 2.24) is 20.3 Å². The Morgan fingerprint density at radius 1 is 0.875 bits per heavy atom. The van der Waals surface area contributed by atoms with E-state index in [4.69, 9.17) is 16.2 Å². The first-order valence-corrected chi connectivity index (χ1v) is 20.4. The molecule has 0 fully saturated rings. The Hall–Kier alpha value is -3.28. The third-order valence-electron chi connectivity index (χ3n) is 7.67. The summed E-state index contributed by atoms with van der Waals surface area (Å²) in [6.07, 6.45) is 3.55. The fourth-order valence-corrected chi connectivity index (χ4v) is 7.97. The molecule has 1 aromatic heterocycles. The monoisotopic (exact) mass is 743 g/mol. The molecule has 1 heterocycles. The molecule has 3 rings (SSSR count). The molecule has 0 unspecified atom stereocenters. The Morgan fingerprint density at radius 2 is 1.56 bits per heavy atom. The van der Waals surface area contributed by atoms with Crippen LogP contribution in [-0.4, -0.2) is 77.7 Å². The Labute approximate surface area is 288 Å². The van der Waals surface area contributed by atoms with Crippen molar-refractivity contribution in [1.29, 1.82) is 0 Å². The first-order chi connectivity index (χ1) is 22.3. The van der Waals surface area contributed by atoms with Gasteiger partial charge in [-0.3, -0.25) is 14.3 Å². The third kappa shape index (κ3) is 11.7. The predicted octanol–water partition coefficient (Wildman–Crippen LogP) is 3.97. The number of sulfonamides is 2. The number of rotatable bonds is 17. The first-order valence-electron chi connectivity index (χ1n) is 15.1. The van der Waals surface area contributed by atoms with Crippen molar-refractivity contribution in [2.24, 2.45) is 0 Å². The van der Waals surface area contributed by atoms with Gasteiger partial charge in [0, 0.05) is 42.5 Å². The lowest BCUT2D eigenvalue weighted by Crippen LogP contribution is -2.40. The number of anilines is 1. The molecule has 2 aromatic carbocycles. The molecule has 0 saturated carbocycles. The quantitative estimate of drug-likeness (QED) is 0.100. The van der Waals surface area contributed by atoms with Crippen LogP contribution < -0.4 is 20.1 Å². The van der Waals surface area contributed by atoms with Gasteiger partial charge in [-0.2, -0.15) is 8.42 Å². The summed E-state index contributed by atoms with van der Waals surface area (Å²) in [5.41, 5.74) is 5.40. The SMILES string of the molecule is Cc1cnccc1-c1cccc(C(C)(C)c2ccc(NS(=O)(=O)CCCNS(=O)(=O)CCNC(=O)NCCCS(=O)(=O)O)c(C)c2Cl)c1. The number of aromatic nitrogens is 1. The van der Waals surface area contributed by atoms with E-state index in [1.54, 1.807) is 25.3 Å². The number of benzene rings is 2. The summed E-state index contributed by atoms with van der Waals surface area (Å²) >= 11 is 6.85. The number of urea groups is 1. The van der Waals surface area contributed by atoms with Crippen molar-refractivity contribution in [3.05, 3.63) is 82.1 Å². The maximum atomic E-state index is 12.9. The molecule has 0 bridgehead atoms. The molecule has 0 radical (unpaired) electrons. The number of halogens is 1. The van der Waals surface area contributed by atoms with Crippen molar-refractivity contribution in [3.8, 4) is 11.1 Å². The molecule has 13 nitrogen and oxygen atoms in total. The molecule has 264 valence electrons. The van der Waals surface area contributed by atoms with Crippen molar-refractivity contribution in [2.45, 2.75) is 46.0 Å². The third-order valence-corrected chi connectivity index (χ3v) is 11.7. The molecule has 0 saturated heterocycles. The van der Waals surface area contributed by atoms with E-state index in [-0.39, 0.29) is 38.2 Å². The summed E-state index contributed by atoms with van der Waals surface area (Å²) in [6, 6.07) is 12.9. The van der Waals surface area contributed by atoms with Gasteiger partial charge in [0.2, 0.25) is 20.0 Å². The van der Waals surface area contributed by atoms with E-state index in [1.807, 2.05) is 37.4 Å². The van der Waals surface area contributed by atoms with Gasteiger partial charge in [-0.05, 0) is 72.2 Å². The van der Waals surface area contributed by atoms with Crippen molar-refractivity contribution >= 4 is 53.5 Å².